The molecular weight excluding hydrogens is 330 g/mol. The Kier molecular flexibility index (Phi) is 4.10. The molecule has 1 aromatic heterocycles. The van der Waals surface area contributed by atoms with Crippen molar-refractivity contribution in [1.29, 1.82) is 0 Å². The second-order valence-corrected chi connectivity index (χ2v) is 7.35. The molecule has 0 bridgehead atoms. The molecule has 1 aliphatic rings. The molecule has 2 heterocycles. The van der Waals surface area contributed by atoms with Crippen LogP contribution in [-0.2, 0) is 9.59 Å². The number of carboxylic acid groups (broad SMARTS) is 1. The first kappa shape index (κ1) is 14.3. The Morgan fingerprint density at radius 1 is 1.53 bits per heavy atom. The highest BCUT2D eigenvalue weighted by Gasteiger charge is 2.41. The van der Waals surface area contributed by atoms with Crippen molar-refractivity contribution >= 4 is 45.2 Å². The molecule has 1 fully saturated rings. The molecule has 1 amide bonds. The minimum Gasteiger partial charge on any atom is -0.481 e. The molecule has 0 aromatic carbocycles. The molecule has 2 rings (SSSR count). The van der Waals surface area contributed by atoms with Gasteiger partial charge in [0.05, 0.1) is 9.20 Å². The molecule has 0 saturated carbocycles. The number of rotatable bonds is 3. The van der Waals surface area contributed by atoms with Crippen molar-refractivity contribution in [3.05, 3.63) is 26.9 Å². The van der Waals surface area contributed by atoms with Crippen molar-refractivity contribution in [3.63, 3.8) is 0 Å². The summed E-state index contributed by atoms with van der Waals surface area (Å²) in [6.07, 6.45) is 3.77. The maximum atomic E-state index is 12.0. The minimum atomic E-state index is -0.839. The fraction of sp³-hybridized carbons (Fsp3) is 0.385. The second-order valence-electron chi connectivity index (χ2n) is 4.85. The van der Waals surface area contributed by atoms with Crippen LogP contribution in [0.4, 0.5) is 0 Å². The maximum absolute atomic E-state index is 12.0. The Balaban J connectivity index is 1.99. The van der Waals surface area contributed by atoms with Gasteiger partial charge in [-0.1, -0.05) is 0 Å². The number of amides is 1. The van der Waals surface area contributed by atoms with Gasteiger partial charge in [0.1, 0.15) is 0 Å². The first-order valence-corrected chi connectivity index (χ1v) is 7.47. The van der Waals surface area contributed by atoms with Crippen LogP contribution in [0.5, 0.6) is 0 Å². The summed E-state index contributed by atoms with van der Waals surface area (Å²) < 4.78 is 1.01. The molecule has 1 N–H and O–H groups in total. The normalized spacial score (nSPS) is 23.2. The topological polar surface area (TPSA) is 57.6 Å². The van der Waals surface area contributed by atoms with E-state index in [1.165, 1.54) is 6.08 Å². The Morgan fingerprint density at radius 2 is 2.26 bits per heavy atom. The van der Waals surface area contributed by atoms with Crippen LogP contribution in [0.15, 0.2) is 22.0 Å². The summed E-state index contributed by atoms with van der Waals surface area (Å²) in [4.78, 5) is 25.7. The van der Waals surface area contributed by atoms with Crippen molar-refractivity contribution in [1.82, 2.24) is 4.90 Å². The van der Waals surface area contributed by atoms with Gasteiger partial charge in [-0.3, -0.25) is 9.59 Å². The summed E-state index contributed by atoms with van der Waals surface area (Å²) in [5, 5.41) is 9.12. The first-order chi connectivity index (χ1) is 8.90. The van der Waals surface area contributed by atoms with E-state index in [-0.39, 0.29) is 12.5 Å². The average molecular weight is 344 g/mol. The number of halogens is 1. The summed E-state index contributed by atoms with van der Waals surface area (Å²) in [6, 6.07) is 3.84. The van der Waals surface area contributed by atoms with Crippen molar-refractivity contribution in [3.8, 4) is 0 Å². The van der Waals surface area contributed by atoms with Gasteiger partial charge in [-0.2, -0.15) is 0 Å². The molecule has 1 atom stereocenters. The zero-order valence-electron chi connectivity index (χ0n) is 10.4. The molecule has 102 valence electrons. The van der Waals surface area contributed by atoms with E-state index in [0.29, 0.717) is 13.0 Å². The lowest BCUT2D eigenvalue weighted by atomic mass is 9.90. The molecule has 6 heteroatoms. The quantitative estimate of drug-likeness (QED) is 0.858. The predicted octanol–water partition coefficient (Wildman–Crippen LogP) is 2.85. The van der Waals surface area contributed by atoms with Crippen molar-refractivity contribution in [2.24, 2.45) is 5.41 Å². The lowest BCUT2D eigenvalue weighted by Crippen LogP contribution is -2.34. The van der Waals surface area contributed by atoms with E-state index in [1.807, 2.05) is 12.1 Å². The Bertz CT molecular complexity index is 540. The smallest absolute Gasteiger partial charge is 0.311 e. The predicted molar refractivity (Wildman–Crippen MR) is 78.0 cm³/mol. The number of carboxylic acids is 1. The van der Waals surface area contributed by atoms with Crippen LogP contribution >= 0.6 is 27.3 Å². The fourth-order valence-electron chi connectivity index (χ4n) is 2.00. The summed E-state index contributed by atoms with van der Waals surface area (Å²) >= 11 is 4.90. The third-order valence-corrected chi connectivity index (χ3v) is 4.87. The number of hydrogen-bond acceptors (Lipinski definition) is 3. The minimum absolute atomic E-state index is 0.130. The van der Waals surface area contributed by atoms with Gasteiger partial charge in [0.2, 0.25) is 5.91 Å². The van der Waals surface area contributed by atoms with Gasteiger partial charge in [0, 0.05) is 24.0 Å². The summed E-state index contributed by atoms with van der Waals surface area (Å²) in [5.41, 5.74) is -0.810. The second kappa shape index (κ2) is 5.46. The van der Waals surface area contributed by atoms with Gasteiger partial charge in [-0.15, -0.1) is 11.3 Å². The number of nitrogens with zero attached hydrogens (tertiary/aromatic N) is 1. The van der Waals surface area contributed by atoms with Gasteiger partial charge >= 0.3 is 5.97 Å². The maximum Gasteiger partial charge on any atom is 0.311 e. The standard InChI is InChI=1S/C13H14BrNO3S/c1-13(12(17)18)6-7-15(8-13)11(16)5-3-9-2-4-10(14)19-9/h2-5H,6-8H2,1H3,(H,17,18). The molecule has 1 saturated heterocycles. The fourth-order valence-corrected chi connectivity index (χ4v) is 3.33. The third kappa shape index (κ3) is 3.25. The van der Waals surface area contributed by atoms with Crippen LogP contribution in [0.2, 0.25) is 0 Å². The Labute approximate surface area is 123 Å². The molecule has 0 spiro atoms. The van der Waals surface area contributed by atoms with Crippen molar-refractivity contribution < 1.29 is 14.7 Å². The lowest BCUT2D eigenvalue weighted by Gasteiger charge is -2.18. The lowest BCUT2D eigenvalue weighted by molar-refractivity contribution is -0.147. The Morgan fingerprint density at radius 3 is 2.79 bits per heavy atom. The molecule has 1 aromatic rings. The van der Waals surface area contributed by atoms with Crippen molar-refractivity contribution in [2.75, 3.05) is 13.1 Å². The molecule has 1 aliphatic heterocycles. The van der Waals surface area contributed by atoms with Gasteiger partial charge in [0.25, 0.3) is 0 Å². The van der Waals surface area contributed by atoms with Crippen LogP contribution in [0.25, 0.3) is 6.08 Å². The number of carbonyl (C=O) groups excluding carboxylic acids is 1. The van der Waals surface area contributed by atoms with E-state index < -0.39 is 11.4 Å². The number of thiophene rings is 1. The monoisotopic (exact) mass is 343 g/mol. The zero-order chi connectivity index (χ0) is 14.0. The molecule has 19 heavy (non-hydrogen) atoms. The van der Waals surface area contributed by atoms with E-state index >= 15 is 0 Å². The average Bonchev–Trinajstić information content (AvgIpc) is 2.94. The SMILES string of the molecule is CC1(C(=O)O)CCN(C(=O)C=Cc2ccc(Br)s2)C1. The molecule has 4 nitrogen and oxygen atoms in total. The van der Waals surface area contributed by atoms with Crippen LogP contribution in [0, 0.1) is 5.41 Å². The summed E-state index contributed by atoms with van der Waals surface area (Å²) in [6.45, 7) is 2.46. The van der Waals surface area contributed by atoms with Crippen LogP contribution in [-0.4, -0.2) is 35.0 Å². The van der Waals surface area contributed by atoms with Gasteiger partial charge in [-0.05, 0) is 47.5 Å². The van der Waals surface area contributed by atoms with E-state index in [9.17, 15) is 9.59 Å². The van der Waals surface area contributed by atoms with Crippen LogP contribution < -0.4 is 0 Å². The van der Waals surface area contributed by atoms with E-state index in [0.717, 1.165) is 8.66 Å². The number of hydrogen-bond donors (Lipinski definition) is 1. The molecule has 1 unspecified atom stereocenters. The van der Waals surface area contributed by atoms with Crippen LogP contribution in [0.3, 0.4) is 0 Å². The highest BCUT2D eigenvalue weighted by atomic mass is 79.9. The highest BCUT2D eigenvalue weighted by molar-refractivity contribution is 9.11. The van der Waals surface area contributed by atoms with E-state index in [2.05, 4.69) is 15.9 Å². The van der Waals surface area contributed by atoms with Crippen LogP contribution in [0.1, 0.15) is 18.2 Å². The molecular formula is C13H14BrNO3S. The molecule has 0 radical (unpaired) electrons. The zero-order valence-corrected chi connectivity index (χ0v) is 12.8. The van der Waals surface area contributed by atoms with Gasteiger partial charge < -0.3 is 10.0 Å². The van der Waals surface area contributed by atoms with E-state index in [1.54, 1.807) is 29.2 Å². The van der Waals surface area contributed by atoms with Gasteiger partial charge in [0.15, 0.2) is 0 Å². The van der Waals surface area contributed by atoms with E-state index in [4.69, 9.17) is 5.11 Å². The highest BCUT2D eigenvalue weighted by Crippen LogP contribution is 2.30. The number of likely N-dealkylation sites (tertiary alicyclic amines) is 1. The van der Waals surface area contributed by atoms with Crippen molar-refractivity contribution in [2.45, 2.75) is 13.3 Å². The number of aliphatic carboxylic acids is 1. The Hall–Kier alpha value is -1.14. The third-order valence-electron chi connectivity index (χ3n) is 3.29. The summed E-state index contributed by atoms with van der Waals surface area (Å²) in [7, 11) is 0. The largest absolute Gasteiger partial charge is 0.481 e. The van der Waals surface area contributed by atoms with Gasteiger partial charge in [-0.25, -0.2) is 0 Å². The summed E-state index contributed by atoms with van der Waals surface area (Å²) in [5.74, 6) is -0.969. The molecule has 0 aliphatic carbocycles. The first-order valence-electron chi connectivity index (χ1n) is 5.86. The number of carbonyl (C=O) groups is 2.